The number of hydrogen-bond donors (Lipinski definition) is 1. The van der Waals surface area contributed by atoms with Gasteiger partial charge >= 0.3 is 0 Å². The molecule has 1 atom stereocenters. The van der Waals surface area contributed by atoms with Gasteiger partial charge < -0.3 is 15.1 Å². The van der Waals surface area contributed by atoms with Gasteiger partial charge in [0.25, 0.3) is 0 Å². The van der Waals surface area contributed by atoms with Crippen molar-refractivity contribution in [1.82, 2.24) is 15.0 Å². The molecule has 1 aliphatic carbocycles. The van der Waals surface area contributed by atoms with E-state index in [4.69, 9.17) is 4.98 Å². The molecule has 2 aromatic carbocycles. The van der Waals surface area contributed by atoms with Gasteiger partial charge in [-0.1, -0.05) is 43.2 Å². The molecule has 2 aromatic heterocycles. The third-order valence-electron chi connectivity index (χ3n) is 8.02. The summed E-state index contributed by atoms with van der Waals surface area (Å²) in [5, 5.41) is 4.31. The highest BCUT2D eigenvalue weighted by Crippen LogP contribution is 2.38. The first-order chi connectivity index (χ1) is 18.7. The number of fused-ring (bicyclic) bond motifs is 1. The summed E-state index contributed by atoms with van der Waals surface area (Å²) in [5.74, 6) is 2.15. The number of anilines is 3. The Hall–Kier alpha value is -4.00. The monoisotopic (exact) mass is 506 g/mol. The van der Waals surface area contributed by atoms with E-state index in [0.29, 0.717) is 5.92 Å². The van der Waals surface area contributed by atoms with Crippen molar-refractivity contribution in [3.8, 4) is 0 Å². The van der Waals surface area contributed by atoms with Crippen molar-refractivity contribution in [2.45, 2.75) is 38.5 Å². The van der Waals surface area contributed by atoms with Crippen LogP contribution in [0.2, 0.25) is 0 Å². The molecule has 1 aliphatic heterocycles. The molecule has 7 nitrogen and oxygen atoms in total. The second kappa shape index (κ2) is 10.8. The number of nitrogens with zero attached hydrogens (tertiary/aromatic N) is 5. The zero-order chi connectivity index (χ0) is 25.9. The predicted molar refractivity (Wildman–Crippen MR) is 153 cm³/mol. The van der Waals surface area contributed by atoms with Gasteiger partial charge in [-0.2, -0.15) is 0 Å². The lowest BCUT2D eigenvalue weighted by Crippen LogP contribution is -2.47. The summed E-state index contributed by atoms with van der Waals surface area (Å²) >= 11 is 0. The van der Waals surface area contributed by atoms with Crippen molar-refractivity contribution in [2.24, 2.45) is 5.92 Å². The van der Waals surface area contributed by atoms with Crippen LogP contribution in [0.5, 0.6) is 0 Å². The van der Waals surface area contributed by atoms with E-state index >= 15 is 0 Å². The van der Waals surface area contributed by atoms with Gasteiger partial charge in [0.05, 0.1) is 11.4 Å². The normalized spacial score (nSPS) is 17.1. The Morgan fingerprint density at radius 3 is 2.34 bits per heavy atom. The third-order valence-corrected chi connectivity index (χ3v) is 8.02. The fourth-order valence-electron chi connectivity index (χ4n) is 6.02. The Morgan fingerprint density at radius 1 is 0.895 bits per heavy atom. The van der Waals surface area contributed by atoms with Gasteiger partial charge in [0.2, 0.25) is 11.9 Å². The van der Waals surface area contributed by atoms with Gasteiger partial charge in [-0.05, 0) is 67.1 Å². The highest BCUT2D eigenvalue weighted by molar-refractivity contribution is 5.98. The standard InChI is InChI=1S/C31H34N6O/c1-22-20-28(36-16-18-37(19-17-36)31-32-14-7-15-33-31)35-27-13-12-25(21-26(22)27)34-30(38)29(24-10-5-6-11-24)23-8-3-2-4-9-23/h2-4,7-9,12-15,20-21,24,29H,5-6,10-11,16-19H2,1H3,(H,34,38)/t29-/m1/s1. The van der Waals surface area contributed by atoms with E-state index in [1.165, 1.54) is 12.8 Å². The number of pyridine rings is 1. The number of benzene rings is 2. The molecule has 4 aromatic rings. The Balaban J connectivity index is 1.18. The van der Waals surface area contributed by atoms with E-state index < -0.39 is 0 Å². The van der Waals surface area contributed by atoms with Crippen LogP contribution in [-0.4, -0.2) is 47.0 Å². The second-order valence-corrected chi connectivity index (χ2v) is 10.5. The molecule has 1 saturated heterocycles. The van der Waals surface area contributed by atoms with Gasteiger partial charge in [0.15, 0.2) is 0 Å². The summed E-state index contributed by atoms with van der Waals surface area (Å²) < 4.78 is 0. The molecule has 6 rings (SSSR count). The van der Waals surface area contributed by atoms with E-state index in [1.54, 1.807) is 12.4 Å². The van der Waals surface area contributed by atoms with Crippen molar-refractivity contribution in [3.05, 3.63) is 84.2 Å². The highest BCUT2D eigenvalue weighted by atomic mass is 16.1. The first-order valence-corrected chi connectivity index (χ1v) is 13.7. The van der Waals surface area contributed by atoms with Gasteiger partial charge in [-0.25, -0.2) is 15.0 Å². The Morgan fingerprint density at radius 2 is 1.61 bits per heavy atom. The van der Waals surface area contributed by atoms with E-state index in [0.717, 1.165) is 78.5 Å². The minimum Gasteiger partial charge on any atom is -0.353 e. The molecule has 1 N–H and O–H groups in total. The van der Waals surface area contributed by atoms with Crippen LogP contribution in [0.25, 0.3) is 10.9 Å². The summed E-state index contributed by atoms with van der Waals surface area (Å²) in [6, 6.07) is 20.3. The minimum atomic E-state index is -0.115. The molecular formula is C31H34N6O. The summed E-state index contributed by atoms with van der Waals surface area (Å²) in [6.45, 7) is 5.58. The number of piperazine rings is 1. The van der Waals surface area contributed by atoms with Crippen LogP contribution in [0, 0.1) is 12.8 Å². The maximum absolute atomic E-state index is 13.6. The van der Waals surface area contributed by atoms with Crippen molar-refractivity contribution in [2.75, 3.05) is 41.3 Å². The third kappa shape index (κ3) is 5.05. The molecule has 194 valence electrons. The summed E-state index contributed by atoms with van der Waals surface area (Å²) in [7, 11) is 0. The average molecular weight is 507 g/mol. The van der Waals surface area contributed by atoms with Gasteiger partial charge in [-0.3, -0.25) is 4.79 Å². The minimum absolute atomic E-state index is 0.0879. The topological polar surface area (TPSA) is 74.2 Å². The van der Waals surface area contributed by atoms with Crippen LogP contribution in [0.4, 0.5) is 17.5 Å². The second-order valence-electron chi connectivity index (χ2n) is 10.5. The number of amides is 1. The van der Waals surface area contributed by atoms with Crippen molar-refractivity contribution < 1.29 is 4.79 Å². The quantitative estimate of drug-likeness (QED) is 0.368. The fourth-order valence-corrected chi connectivity index (χ4v) is 6.02. The molecule has 7 heteroatoms. The van der Waals surface area contributed by atoms with Gasteiger partial charge in [-0.15, -0.1) is 0 Å². The molecule has 1 amide bonds. The number of carbonyl (C=O) groups excluding carboxylic acids is 1. The maximum atomic E-state index is 13.6. The van der Waals surface area contributed by atoms with E-state index in [9.17, 15) is 4.79 Å². The first-order valence-electron chi connectivity index (χ1n) is 13.7. The molecule has 2 fully saturated rings. The molecular weight excluding hydrogens is 472 g/mol. The molecule has 1 saturated carbocycles. The lowest BCUT2D eigenvalue weighted by molar-refractivity contribution is -0.118. The molecule has 38 heavy (non-hydrogen) atoms. The largest absolute Gasteiger partial charge is 0.353 e. The molecule has 0 bridgehead atoms. The van der Waals surface area contributed by atoms with Crippen molar-refractivity contribution in [3.63, 3.8) is 0 Å². The predicted octanol–water partition coefficient (Wildman–Crippen LogP) is 5.57. The molecule has 0 spiro atoms. The number of carbonyl (C=O) groups is 1. The van der Waals surface area contributed by atoms with Gasteiger partial charge in [0, 0.05) is 49.6 Å². The maximum Gasteiger partial charge on any atom is 0.232 e. The van der Waals surface area contributed by atoms with E-state index in [-0.39, 0.29) is 11.8 Å². The molecule has 0 radical (unpaired) electrons. The number of hydrogen-bond acceptors (Lipinski definition) is 6. The SMILES string of the molecule is Cc1cc(N2CCN(c3ncccn3)CC2)nc2ccc(NC(=O)[C@H](c3ccccc3)C3CCCC3)cc12. The number of nitrogens with one attached hydrogen (secondary N) is 1. The van der Waals surface area contributed by atoms with E-state index in [2.05, 4.69) is 56.3 Å². The lowest BCUT2D eigenvalue weighted by atomic mass is 9.84. The first kappa shape index (κ1) is 24.3. The van der Waals surface area contributed by atoms with Crippen LogP contribution in [0.1, 0.15) is 42.7 Å². The Bertz CT molecular complexity index is 1400. The highest BCUT2D eigenvalue weighted by Gasteiger charge is 2.32. The average Bonchev–Trinajstić information content (AvgIpc) is 3.49. The van der Waals surface area contributed by atoms with Crippen molar-refractivity contribution in [1.29, 1.82) is 0 Å². The fraction of sp³-hybridized carbons (Fsp3) is 0.355. The Kier molecular flexibility index (Phi) is 6.90. The van der Waals surface area contributed by atoms with Crippen LogP contribution in [0.3, 0.4) is 0 Å². The van der Waals surface area contributed by atoms with Gasteiger partial charge in [0.1, 0.15) is 5.82 Å². The lowest BCUT2D eigenvalue weighted by Gasteiger charge is -2.35. The van der Waals surface area contributed by atoms with Crippen LogP contribution in [-0.2, 0) is 4.79 Å². The molecule has 0 unspecified atom stereocenters. The van der Waals surface area contributed by atoms with E-state index in [1.807, 2.05) is 36.4 Å². The number of rotatable bonds is 6. The molecule has 3 heterocycles. The Labute approximate surface area is 223 Å². The molecule has 2 aliphatic rings. The van der Waals surface area contributed by atoms with Crippen molar-refractivity contribution >= 4 is 34.3 Å². The van der Waals surface area contributed by atoms with Crippen LogP contribution in [0.15, 0.2) is 73.1 Å². The van der Waals surface area contributed by atoms with Crippen LogP contribution < -0.4 is 15.1 Å². The summed E-state index contributed by atoms with van der Waals surface area (Å²) in [4.78, 5) is 31.9. The summed E-state index contributed by atoms with van der Waals surface area (Å²) in [5.41, 5.74) is 4.04. The zero-order valence-corrected chi connectivity index (χ0v) is 21.9. The number of aromatic nitrogens is 3. The summed E-state index contributed by atoms with van der Waals surface area (Å²) in [6.07, 6.45) is 8.22. The number of aryl methyl sites for hydroxylation is 1. The van der Waals surface area contributed by atoms with Crippen LogP contribution >= 0.6 is 0 Å². The zero-order valence-electron chi connectivity index (χ0n) is 21.9. The smallest absolute Gasteiger partial charge is 0.232 e.